The minimum atomic E-state index is 0.237. The predicted octanol–water partition coefficient (Wildman–Crippen LogP) is 0.106. The zero-order chi connectivity index (χ0) is 10.6. The molecule has 1 amide bonds. The van der Waals surface area contributed by atoms with Crippen LogP contribution in [-0.2, 0) is 4.79 Å². The molecule has 4 nitrogen and oxygen atoms in total. The quantitative estimate of drug-likeness (QED) is 0.682. The second-order valence-electron chi connectivity index (χ2n) is 3.79. The van der Waals surface area contributed by atoms with Gasteiger partial charge in [0.1, 0.15) is 0 Å². The number of nitrogens with zero attached hydrogens (tertiary/aromatic N) is 2. The van der Waals surface area contributed by atoms with Crippen molar-refractivity contribution in [2.75, 3.05) is 33.2 Å². The first-order valence-corrected chi connectivity index (χ1v) is 5.40. The minimum Gasteiger partial charge on any atom is -0.325 e. The van der Waals surface area contributed by atoms with E-state index >= 15 is 0 Å². The Hall–Kier alpha value is -0.610. The van der Waals surface area contributed by atoms with E-state index in [9.17, 15) is 4.79 Å². The van der Waals surface area contributed by atoms with E-state index in [2.05, 4.69) is 31.1 Å². The van der Waals surface area contributed by atoms with E-state index in [4.69, 9.17) is 0 Å². The highest BCUT2D eigenvalue weighted by Crippen LogP contribution is 2.07. The van der Waals surface area contributed by atoms with Crippen LogP contribution in [0.1, 0.15) is 20.3 Å². The molecule has 0 aromatic carbocycles. The highest BCUT2D eigenvalue weighted by Gasteiger charge is 2.28. The van der Waals surface area contributed by atoms with Gasteiger partial charge < -0.3 is 9.80 Å². The molecule has 1 heterocycles. The van der Waals surface area contributed by atoms with E-state index in [0.717, 1.165) is 26.1 Å². The molecule has 0 bridgehead atoms. The Balaban J connectivity index is 2.37. The van der Waals surface area contributed by atoms with Gasteiger partial charge >= 0.3 is 0 Å². The molecule has 1 saturated heterocycles. The summed E-state index contributed by atoms with van der Waals surface area (Å²) in [5.41, 5.74) is 0. The van der Waals surface area contributed by atoms with Crippen LogP contribution in [0.4, 0.5) is 0 Å². The van der Waals surface area contributed by atoms with Crippen molar-refractivity contribution >= 4 is 5.91 Å². The molecule has 0 aromatic rings. The average Bonchev–Trinajstić information content (AvgIpc) is 2.55. The summed E-state index contributed by atoms with van der Waals surface area (Å²) < 4.78 is 0. The van der Waals surface area contributed by atoms with Crippen molar-refractivity contribution in [2.24, 2.45) is 0 Å². The summed E-state index contributed by atoms with van der Waals surface area (Å²) in [6.07, 6.45) is 1.24. The number of rotatable bonds is 5. The lowest BCUT2D eigenvalue weighted by Gasteiger charge is -2.25. The number of likely N-dealkylation sites (N-methyl/N-ethyl adjacent to an activating group) is 1. The standard InChI is InChI=1S/C10H21N3O/c1-4-9-11-8-10(14)13(9)7-6-12(3)5-2/h9,11H,4-8H2,1-3H3. The molecule has 1 unspecified atom stereocenters. The number of nitrogens with one attached hydrogen (secondary N) is 1. The number of amides is 1. The van der Waals surface area contributed by atoms with E-state index in [1.807, 2.05) is 4.90 Å². The van der Waals surface area contributed by atoms with Gasteiger partial charge in [-0.05, 0) is 20.0 Å². The summed E-state index contributed by atoms with van der Waals surface area (Å²) in [5.74, 6) is 0.237. The first kappa shape index (κ1) is 11.5. The third-order valence-corrected chi connectivity index (χ3v) is 2.83. The molecule has 1 aliphatic heterocycles. The van der Waals surface area contributed by atoms with Gasteiger partial charge in [0.15, 0.2) is 0 Å². The number of carbonyl (C=O) groups excluding carboxylic acids is 1. The summed E-state index contributed by atoms with van der Waals surface area (Å²) >= 11 is 0. The van der Waals surface area contributed by atoms with Crippen LogP contribution in [0.15, 0.2) is 0 Å². The topological polar surface area (TPSA) is 35.6 Å². The summed E-state index contributed by atoms with van der Waals surface area (Å²) in [7, 11) is 2.08. The van der Waals surface area contributed by atoms with Crippen molar-refractivity contribution in [1.29, 1.82) is 0 Å². The maximum atomic E-state index is 11.5. The second-order valence-corrected chi connectivity index (χ2v) is 3.79. The zero-order valence-corrected chi connectivity index (χ0v) is 9.42. The molecule has 0 aliphatic carbocycles. The Morgan fingerprint density at radius 2 is 2.29 bits per heavy atom. The van der Waals surface area contributed by atoms with E-state index < -0.39 is 0 Å². The lowest BCUT2D eigenvalue weighted by Crippen LogP contribution is -2.41. The third kappa shape index (κ3) is 2.69. The smallest absolute Gasteiger partial charge is 0.237 e. The molecule has 1 rings (SSSR count). The van der Waals surface area contributed by atoms with Crippen LogP contribution in [0.5, 0.6) is 0 Å². The average molecular weight is 199 g/mol. The molecule has 4 heteroatoms. The monoisotopic (exact) mass is 199 g/mol. The number of hydrogen-bond acceptors (Lipinski definition) is 3. The minimum absolute atomic E-state index is 0.237. The summed E-state index contributed by atoms with van der Waals surface area (Å²) in [6.45, 7) is 7.57. The van der Waals surface area contributed by atoms with E-state index in [-0.39, 0.29) is 12.1 Å². The van der Waals surface area contributed by atoms with E-state index in [0.29, 0.717) is 6.54 Å². The molecule has 0 radical (unpaired) electrons. The molecule has 1 fully saturated rings. The maximum Gasteiger partial charge on any atom is 0.237 e. The normalized spacial score (nSPS) is 22.4. The van der Waals surface area contributed by atoms with Gasteiger partial charge in [0.25, 0.3) is 0 Å². The van der Waals surface area contributed by atoms with E-state index in [1.165, 1.54) is 0 Å². The van der Waals surface area contributed by atoms with Crippen molar-refractivity contribution < 1.29 is 4.79 Å². The van der Waals surface area contributed by atoms with Gasteiger partial charge in [0, 0.05) is 13.1 Å². The van der Waals surface area contributed by atoms with Gasteiger partial charge in [-0.3, -0.25) is 10.1 Å². The second kappa shape index (κ2) is 5.32. The molecule has 1 atom stereocenters. The maximum absolute atomic E-state index is 11.5. The van der Waals surface area contributed by atoms with Gasteiger partial charge in [-0.15, -0.1) is 0 Å². The highest BCUT2D eigenvalue weighted by molar-refractivity contribution is 5.80. The molecule has 1 N–H and O–H groups in total. The Kier molecular flexibility index (Phi) is 4.35. The Bertz CT molecular complexity index is 196. The van der Waals surface area contributed by atoms with Crippen molar-refractivity contribution in [3.05, 3.63) is 0 Å². The van der Waals surface area contributed by atoms with E-state index in [1.54, 1.807) is 0 Å². The van der Waals surface area contributed by atoms with Gasteiger partial charge in [0.2, 0.25) is 5.91 Å². The van der Waals surface area contributed by atoms with Crippen LogP contribution >= 0.6 is 0 Å². The predicted molar refractivity (Wildman–Crippen MR) is 57.0 cm³/mol. The van der Waals surface area contributed by atoms with Gasteiger partial charge in [-0.1, -0.05) is 13.8 Å². The van der Waals surface area contributed by atoms with Crippen molar-refractivity contribution in [2.45, 2.75) is 26.4 Å². The van der Waals surface area contributed by atoms with Gasteiger partial charge in [0.05, 0.1) is 12.7 Å². The first-order valence-electron chi connectivity index (χ1n) is 5.40. The molecule has 0 spiro atoms. The Labute approximate surface area is 86.2 Å². The first-order chi connectivity index (χ1) is 6.69. The Morgan fingerprint density at radius 1 is 1.57 bits per heavy atom. The van der Waals surface area contributed by atoms with Crippen LogP contribution in [0.3, 0.4) is 0 Å². The molecular formula is C10H21N3O. The van der Waals surface area contributed by atoms with Crippen molar-refractivity contribution in [3.8, 4) is 0 Å². The SMILES string of the molecule is CCC1NCC(=O)N1CCN(C)CC. The summed E-state index contributed by atoms with van der Waals surface area (Å²) in [4.78, 5) is 15.7. The fraction of sp³-hybridized carbons (Fsp3) is 0.900. The molecule has 14 heavy (non-hydrogen) atoms. The third-order valence-electron chi connectivity index (χ3n) is 2.83. The van der Waals surface area contributed by atoms with Crippen molar-refractivity contribution in [1.82, 2.24) is 15.1 Å². The van der Waals surface area contributed by atoms with Crippen LogP contribution in [0.25, 0.3) is 0 Å². The Morgan fingerprint density at radius 3 is 2.86 bits per heavy atom. The molecule has 1 aliphatic rings. The number of hydrogen-bond donors (Lipinski definition) is 1. The summed E-state index contributed by atoms with van der Waals surface area (Å²) in [6, 6.07) is 0. The van der Waals surface area contributed by atoms with Crippen LogP contribution < -0.4 is 5.32 Å². The fourth-order valence-electron chi connectivity index (χ4n) is 1.67. The zero-order valence-electron chi connectivity index (χ0n) is 9.42. The lowest BCUT2D eigenvalue weighted by molar-refractivity contribution is -0.128. The van der Waals surface area contributed by atoms with Gasteiger partial charge in [-0.2, -0.15) is 0 Å². The van der Waals surface area contributed by atoms with Crippen molar-refractivity contribution in [3.63, 3.8) is 0 Å². The van der Waals surface area contributed by atoms with Crippen LogP contribution in [0.2, 0.25) is 0 Å². The fourth-order valence-corrected chi connectivity index (χ4v) is 1.67. The molecule has 0 saturated carbocycles. The van der Waals surface area contributed by atoms with Crippen LogP contribution in [0, 0.1) is 0 Å². The van der Waals surface area contributed by atoms with Crippen LogP contribution in [-0.4, -0.2) is 55.1 Å². The largest absolute Gasteiger partial charge is 0.325 e. The molecule has 0 aromatic heterocycles. The lowest BCUT2D eigenvalue weighted by atomic mass is 10.3. The van der Waals surface area contributed by atoms with Gasteiger partial charge in [-0.25, -0.2) is 0 Å². The molecular weight excluding hydrogens is 178 g/mol. The highest BCUT2D eigenvalue weighted by atomic mass is 16.2. The number of carbonyl (C=O) groups is 1. The summed E-state index contributed by atoms with van der Waals surface area (Å²) in [5, 5.41) is 3.21. The molecule has 82 valence electrons.